The van der Waals surface area contributed by atoms with E-state index in [0.29, 0.717) is 15.7 Å². The molecule has 1 heterocycles. The van der Waals surface area contributed by atoms with Crippen LogP contribution >= 0.6 is 15.9 Å². The van der Waals surface area contributed by atoms with E-state index in [9.17, 15) is 14.7 Å². The maximum absolute atomic E-state index is 12.0. The number of carboxylic acids is 1. The lowest BCUT2D eigenvalue weighted by molar-refractivity contribution is -0.138. The summed E-state index contributed by atoms with van der Waals surface area (Å²) in [5.74, 6) is -2.11. The number of hydrogen-bond acceptors (Lipinski definition) is 3. The van der Waals surface area contributed by atoms with Crippen LogP contribution in [0.25, 0.3) is 0 Å². The molecule has 1 atom stereocenters. The maximum Gasteiger partial charge on any atom is 0.312 e. The van der Waals surface area contributed by atoms with Crippen LogP contribution in [0.3, 0.4) is 0 Å². The van der Waals surface area contributed by atoms with Crippen LogP contribution in [0.15, 0.2) is 53.3 Å². The van der Waals surface area contributed by atoms with Crippen molar-refractivity contribution >= 4 is 27.8 Å². The molecule has 1 amide bonds. The molecule has 21 heavy (non-hydrogen) atoms. The van der Waals surface area contributed by atoms with Crippen molar-refractivity contribution in [3.8, 4) is 0 Å². The molecule has 0 aliphatic rings. The van der Waals surface area contributed by atoms with Crippen molar-refractivity contribution in [1.29, 1.82) is 0 Å². The van der Waals surface area contributed by atoms with E-state index in [0.717, 1.165) is 0 Å². The number of carbonyl (C=O) groups is 2. The molecule has 108 valence electrons. The summed E-state index contributed by atoms with van der Waals surface area (Å²) in [5.41, 5.74) is 1.04. The number of amides is 1. The Morgan fingerprint density at radius 1 is 1.19 bits per heavy atom. The van der Waals surface area contributed by atoms with Crippen LogP contribution in [0.4, 0.5) is 0 Å². The van der Waals surface area contributed by atoms with Crippen molar-refractivity contribution in [2.24, 2.45) is 0 Å². The molecule has 1 aromatic heterocycles. The van der Waals surface area contributed by atoms with Crippen molar-refractivity contribution in [3.63, 3.8) is 0 Å². The standard InChI is InChI=1S/C15H13BrN2O3/c16-13-7-6-11(8-17-13)14(19)18-9-12(15(20)21)10-4-2-1-3-5-10/h1-8,12H,9H2,(H,18,19)(H,20,21). The van der Waals surface area contributed by atoms with Gasteiger partial charge in [0.05, 0.1) is 11.5 Å². The molecule has 2 N–H and O–H groups in total. The minimum Gasteiger partial charge on any atom is -0.481 e. The average molecular weight is 349 g/mol. The number of rotatable bonds is 5. The fourth-order valence-corrected chi connectivity index (χ4v) is 2.07. The second kappa shape index (κ2) is 6.99. The van der Waals surface area contributed by atoms with Crippen LogP contribution in [-0.2, 0) is 4.79 Å². The Hall–Kier alpha value is -2.21. The van der Waals surface area contributed by atoms with Gasteiger partial charge in [-0.15, -0.1) is 0 Å². The van der Waals surface area contributed by atoms with Gasteiger partial charge in [0, 0.05) is 12.7 Å². The first-order valence-electron chi connectivity index (χ1n) is 6.25. The zero-order chi connectivity index (χ0) is 15.2. The Bertz CT molecular complexity index is 629. The first kappa shape index (κ1) is 15.2. The third-order valence-electron chi connectivity index (χ3n) is 2.96. The number of aliphatic carboxylic acids is 1. The Morgan fingerprint density at radius 3 is 2.48 bits per heavy atom. The molecule has 2 aromatic rings. The average Bonchev–Trinajstić information content (AvgIpc) is 2.48. The summed E-state index contributed by atoms with van der Waals surface area (Å²) in [7, 11) is 0. The van der Waals surface area contributed by atoms with Gasteiger partial charge in [0.15, 0.2) is 0 Å². The van der Waals surface area contributed by atoms with Gasteiger partial charge in [-0.25, -0.2) is 4.98 Å². The second-order valence-electron chi connectivity index (χ2n) is 4.38. The highest BCUT2D eigenvalue weighted by molar-refractivity contribution is 9.10. The lowest BCUT2D eigenvalue weighted by Crippen LogP contribution is -2.31. The van der Waals surface area contributed by atoms with Gasteiger partial charge >= 0.3 is 5.97 Å². The predicted octanol–water partition coefficient (Wildman–Crippen LogP) is 2.44. The number of hydrogen-bond donors (Lipinski definition) is 2. The van der Waals surface area contributed by atoms with Crippen LogP contribution in [0.1, 0.15) is 21.8 Å². The molecule has 0 fully saturated rings. The number of nitrogens with one attached hydrogen (secondary N) is 1. The molecule has 0 aliphatic heterocycles. The highest BCUT2D eigenvalue weighted by Crippen LogP contribution is 2.15. The van der Waals surface area contributed by atoms with E-state index in [1.807, 2.05) is 6.07 Å². The van der Waals surface area contributed by atoms with Crippen molar-refractivity contribution in [2.75, 3.05) is 6.54 Å². The molecule has 0 radical (unpaired) electrons. The molecular formula is C15H13BrN2O3. The molecule has 1 unspecified atom stereocenters. The summed E-state index contributed by atoms with van der Waals surface area (Å²) in [6.07, 6.45) is 1.43. The number of aromatic nitrogens is 1. The summed E-state index contributed by atoms with van der Waals surface area (Å²) < 4.78 is 0.631. The van der Waals surface area contributed by atoms with E-state index in [1.165, 1.54) is 6.20 Å². The highest BCUT2D eigenvalue weighted by Gasteiger charge is 2.20. The van der Waals surface area contributed by atoms with Gasteiger partial charge in [-0.3, -0.25) is 9.59 Å². The van der Waals surface area contributed by atoms with E-state index in [4.69, 9.17) is 0 Å². The van der Waals surface area contributed by atoms with Crippen molar-refractivity contribution in [3.05, 3.63) is 64.4 Å². The number of pyridine rings is 1. The molecule has 0 spiro atoms. The lowest BCUT2D eigenvalue weighted by Gasteiger charge is -2.13. The molecule has 2 rings (SSSR count). The van der Waals surface area contributed by atoms with Crippen molar-refractivity contribution in [2.45, 2.75) is 5.92 Å². The zero-order valence-corrected chi connectivity index (χ0v) is 12.6. The summed E-state index contributed by atoms with van der Waals surface area (Å²) in [4.78, 5) is 27.2. The molecule has 0 saturated heterocycles. The van der Waals surface area contributed by atoms with Gasteiger partial charge in [0.1, 0.15) is 4.60 Å². The summed E-state index contributed by atoms with van der Waals surface area (Å²) in [6.45, 7) is 0.0221. The van der Waals surface area contributed by atoms with Gasteiger partial charge in [-0.05, 0) is 33.6 Å². The first-order chi connectivity index (χ1) is 10.1. The summed E-state index contributed by atoms with van der Waals surface area (Å²) >= 11 is 3.19. The molecule has 0 aliphatic carbocycles. The molecule has 1 aromatic carbocycles. The molecule has 0 saturated carbocycles. The van der Waals surface area contributed by atoms with Gasteiger partial charge < -0.3 is 10.4 Å². The highest BCUT2D eigenvalue weighted by atomic mass is 79.9. The Kier molecular flexibility index (Phi) is 5.05. The number of nitrogens with zero attached hydrogens (tertiary/aromatic N) is 1. The number of carbonyl (C=O) groups excluding carboxylic acids is 1. The second-order valence-corrected chi connectivity index (χ2v) is 5.19. The lowest BCUT2D eigenvalue weighted by atomic mass is 9.99. The van der Waals surface area contributed by atoms with Crippen LogP contribution in [0.2, 0.25) is 0 Å². The van der Waals surface area contributed by atoms with E-state index in [-0.39, 0.29) is 12.5 Å². The first-order valence-corrected chi connectivity index (χ1v) is 7.04. The number of carboxylic acid groups (broad SMARTS) is 1. The van der Waals surface area contributed by atoms with E-state index in [2.05, 4.69) is 26.2 Å². The van der Waals surface area contributed by atoms with Crippen LogP contribution in [-0.4, -0.2) is 28.5 Å². The van der Waals surface area contributed by atoms with E-state index >= 15 is 0 Å². The molecular weight excluding hydrogens is 336 g/mol. The van der Waals surface area contributed by atoms with Gasteiger partial charge in [-0.1, -0.05) is 30.3 Å². The van der Waals surface area contributed by atoms with E-state index < -0.39 is 11.9 Å². The minimum absolute atomic E-state index is 0.0221. The monoisotopic (exact) mass is 348 g/mol. The zero-order valence-electron chi connectivity index (χ0n) is 11.0. The van der Waals surface area contributed by atoms with Gasteiger partial charge in [-0.2, -0.15) is 0 Å². The Labute approximate surface area is 130 Å². The fourth-order valence-electron chi connectivity index (χ4n) is 1.84. The third kappa shape index (κ3) is 4.13. The molecule has 5 nitrogen and oxygen atoms in total. The van der Waals surface area contributed by atoms with Crippen molar-refractivity contribution < 1.29 is 14.7 Å². The van der Waals surface area contributed by atoms with Gasteiger partial charge in [0.2, 0.25) is 0 Å². The summed E-state index contributed by atoms with van der Waals surface area (Å²) in [6, 6.07) is 12.1. The Morgan fingerprint density at radius 2 is 1.90 bits per heavy atom. The number of benzene rings is 1. The quantitative estimate of drug-likeness (QED) is 0.813. The normalized spacial score (nSPS) is 11.7. The van der Waals surface area contributed by atoms with Crippen LogP contribution < -0.4 is 5.32 Å². The topological polar surface area (TPSA) is 79.3 Å². The summed E-state index contributed by atoms with van der Waals surface area (Å²) in [5, 5.41) is 11.9. The van der Waals surface area contributed by atoms with Crippen LogP contribution in [0, 0.1) is 0 Å². The predicted molar refractivity (Wildman–Crippen MR) is 81.1 cm³/mol. The fraction of sp³-hybridized carbons (Fsp3) is 0.133. The molecule has 0 bridgehead atoms. The van der Waals surface area contributed by atoms with Crippen LogP contribution in [0.5, 0.6) is 0 Å². The number of halogens is 1. The van der Waals surface area contributed by atoms with Crippen molar-refractivity contribution in [1.82, 2.24) is 10.3 Å². The third-order valence-corrected chi connectivity index (χ3v) is 3.43. The largest absolute Gasteiger partial charge is 0.481 e. The smallest absolute Gasteiger partial charge is 0.312 e. The van der Waals surface area contributed by atoms with Gasteiger partial charge in [0.25, 0.3) is 5.91 Å². The Balaban J connectivity index is 2.04. The maximum atomic E-state index is 12.0. The SMILES string of the molecule is O=C(NCC(C(=O)O)c1ccccc1)c1ccc(Br)nc1. The van der Waals surface area contributed by atoms with E-state index in [1.54, 1.807) is 36.4 Å². The molecule has 6 heteroatoms. The minimum atomic E-state index is -0.976.